The summed E-state index contributed by atoms with van der Waals surface area (Å²) in [6, 6.07) is 8.73. The van der Waals surface area contributed by atoms with Crippen LogP contribution in [0.3, 0.4) is 0 Å². The highest BCUT2D eigenvalue weighted by atomic mass is 17.2. The normalized spacial score (nSPS) is 10.1. The van der Waals surface area contributed by atoms with Crippen LogP contribution in [0.15, 0.2) is 55.6 Å². The van der Waals surface area contributed by atoms with Crippen LogP contribution in [-0.4, -0.2) is 24.8 Å². The summed E-state index contributed by atoms with van der Waals surface area (Å²) in [5.74, 6) is -0.472. The smallest absolute Gasteiger partial charge is 0.292 e. The molecule has 0 atom stereocenters. The summed E-state index contributed by atoms with van der Waals surface area (Å²) < 4.78 is 0. The van der Waals surface area contributed by atoms with E-state index in [1.165, 1.54) is 0 Å². The van der Waals surface area contributed by atoms with E-state index >= 15 is 0 Å². The average Bonchev–Trinajstić information content (AvgIpc) is 2.50. The highest BCUT2D eigenvalue weighted by Gasteiger charge is 2.15. The molecule has 1 rings (SSSR count). The molecule has 1 aromatic carbocycles. The van der Waals surface area contributed by atoms with Crippen molar-refractivity contribution in [3.63, 3.8) is 0 Å². The van der Waals surface area contributed by atoms with Gasteiger partial charge in [-0.05, 0) is 32.9 Å². The van der Waals surface area contributed by atoms with Gasteiger partial charge in [0.15, 0.2) is 0 Å². The van der Waals surface area contributed by atoms with Crippen molar-refractivity contribution in [2.24, 2.45) is 0 Å². The molecule has 122 valence electrons. The van der Waals surface area contributed by atoms with Gasteiger partial charge in [0.2, 0.25) is 0 Å². The van der Waals surface area contributed by atoms with E-state index < -0.39 is 11.6 Å². The maximum Gasteiger partial charge on any atom is 0.373 e. The Morgan fingerprint density at radius 2 is 1.55 bits per heavy atom. The number of benzene rings is 1. The average molecular weight is 308 g/mol. The highest BCUT2D eigenvalue weighted by Crippen LogP contribution is 2.09. The Morgan fingerprint density at radius 3 is 1.95 bits per heavy atom. The summed E-state index contributed by atoms with van der Waals surface area (Å²) in [4.78, 5) is 30.0. The second-order valence-electron chi connectivity index (χ2n) is 5.08. The van der Waals surface area contributed by atoms with Gasteiger partial charge in [-0.25, -0.2) is 14.6 Å². The molecule has 0 bridgehead atoms. The fraction of sp³-hybridized carbons (Fsp3) is 0.353. The van der Waals surface area contributed by atoms with Crippen LogP contribution in [0.2, 0.25) is 0 Å². The molecule has 0 N–H and O–H groups in total. The van der Waals surface area contributed by atoms with Crippen molar-refractivity contribution in [3.05, 3.63) is 61.2 Å². The van der Waals surface area contributed by atoms with Crippen molar-refractivity contribution in [2.75, 3.05) is 13.2 Å². The van der Waals surface area contributed by atoms with E-state index in [2.05, 4.69) is 27.8 Å². The molecule has 0 heterocycles. The molecule has 0 unspecified atom stereocenters. The molecule has 0 saturated carbocycles. The van der Waals surface area contributed by atoms with Gasteiger partial charge >= 0.3 is 5.97 Å². The lowest BCUT2D eigenvalue weighted by atomic mass is 10.2. The van der Waals surface area contributed by atoms with E-state index in [0.717, 1.165) is 0 Å². The van der Waals surface area contributed by atoms with Crippen LogP contribution in [0, 0.1) is 0 Å². The quantitative estimate of drug-likeness (QED) is 0.331. The van der Waals surface area contributed by atoms with Crippen molar-refractivity contribution in [2.45, 2.75) is 26.4 Å². The third-order valence-electron chi connectivity index (χ3n) is 1.83. The van der Waals surface area contributed by atoms with Crippen molar-refractivity contribution in [3.8, 4) is 0 Å². The van der Waals surface area contributed by atoms with Crippen molar-refractivity contribution < 1.29 is 24.3 Å². The maximum absolute atomic E-state index is 11.3. The second-order valence-corrected chi connectivity index (χ2v) is 5.08. The SMILES string of the molecule is C=CCOOCC=C.CC(C)(C)OOC(=O)c1ccccc1. The first-order chi connectivity index (χ1) is 10.4. The molecule has 0 amide bonds. The molecule has 0 aliphatic heterocycles. The Labute approximate surface area is 132 Å². The maximum atomic E-state index is 11.3. The third kappa shape index (κ3) is 11.8. The number of carbonyl (C=O) groups excluding carboxylic acids is 1. The van der Waals surface area contributed by atoms with Gasteiger partial charge in [0.05, 0.1) is 5.56 Å². The largest absolute Gasteiger partial charge is 0.373 e. The molecule has 0 spiro atoms. The van der Waals surface area contributed by atoms with Crippen LogP contribution in [-0.2, 0) is 19.6 Å². The number of hydrogen-bond donors (Lipinski definition) is 0. The van der Waals surface area contributed by atoms with Gasteiger partial charge in [-0.3, -0.25) is 4.89 Å². The van der Waals surface area contributed by atoms with Crippen molar-refractivity contribution >= 4 is 5.97 Å². The molecular weight excluding hydrogens is 284 g/mol. The van der Waals surface area contributed by atoms with Gasteiger partial charge in [-0.2, -0.15) is 4.89 Å². The summed E-state index contributed by atoms with van der Waals surface area (Å²) in [7, 11) is 0. The Bertz CT molecular complexity index is 424. The van der Waals surface area contributed by atoms with Gasteiger partial charge in [0, 0.05) is 0 Å². The van der Waals surface area contributed by atoms with E-state index in [4.69, 9.17) is 4.89 Å². The van der Waals surface area contributed by atoms with E-state index in [-0.39, 0.29) is 0 Å². The Balaban J connectivity index is 0.000000472. The topological polar surface area (TPSA) is 54.0 Å². The minimum atomic E-state index is -0.482. The molecule has 0 aliphatic carbocycles. The fourth-order valence-electron chi connectivity index (χ4n) is 0.978. The first-order valence-electron chi connectivity index (χ1n) is 6.82. The zero-order valence-electron chi connectivity index (χ0n) is 13.4. The molecule has 5 nitrogen and oxygen atoms in total. The molecule has 22 heavy (non-hydrogen) atoms. The second kappa shape index (κ2) is 11.7. The lowest BCUT2D eigenvalue weighted by molar-refractivity contribution is -0.301. The molecule has 1 aromatic rings. The standard InChI is InChI=1S/C11H14O3.C6H10O2/c1-11(2,3)14-13-10(12)9-7-5-4-6-8-9;1-3-5-7-8-6-4-2/h4-8H,1-3H3;3-4H,1-2,5-6H2. The first-order valence-corrected chi connectivity index (χ1v) is 6.82. The summed E-state index contributed by atoms with van der Waals surface area (Å²) in [5.41, 5.74) is 0.00140. The van der Waals surface area contributed by atoms with Crippen molar-refractivity contribution in [1.29, 1.82) is 0 Å². The van der Waals surface area contributed by atoms with Crippen LogP contribution >= 0.6 is 0 Å². The van der Waals surface area contributed by atoms with E-state index in [0.29, 0.717) is 18.8 Å². The van der Waals surface area contributed by atoms with E-state index in [1.807, 2.05) is 26.8 Å². The molecule has 0 radical (unpaired) electrons. The zero-order valence-corrected chi connectivity index (χ0v) is 13.4. The predicted molar refractivity (Wildman–Crippen MR) is 85.0 cm³/mol. The molecule has 0 fully saturated rings. The minimum Gasteiger partial charge on any atom is -0.292 e. The monoisotopic (exact) mass is 308 g/mol. The van der Waals surface area contributed by atoms with Crippen LogP contribution in [0.1, 0.15) is 31.1 Å². The van der Waals surface area contributed by atoms with E-state index in [9.17, 15) is 4.79 Å². The number of hydrogen-bond acceptors (Lipinski definition) is 5. The van der Waals surface area contributed by atoms with Gasteiger partial charge in [-0.15, -0.1) is 13.2 Å². The highest BCUT2D eigenvalue weighted by molar-refractivity contribution is 5.88. The van der Waals surface area contributed by atoms with Crippen molar-refractivity contribution in [1.82, 2.24) is 0 Å². The van der Waals surface area contributed by atoms with Crippen LogP contribution in [0.25, 0.3) is 0 Å². The lowest BCUT2D eigenvalue weighted by Gasteiger charge is -2.16. The number of carbonyl (C=O) groups is 1. The van der Waals surface area contributed by atoms with Crippen LogP contribution < -0.4 is 0 Å². The number of rotatable bonds is 7. The van der Waals surface area contributed by atoms with Gasteiger partial charge < -0.3 is 0 Å². The van der Waals surface area contributed by atoms with E-state index in [1.54, 1.807) is 36.4 Å². The van der Waals surface area contributed by atoms with Gasteiger partial charge in [0.25, 0.3) is 0 Å². The predicted octanol–water partition coefficient (Wildman–Crippen LogP) is 3.88. The van der Waals surface area contributed by atoms with Gasteiger partial charge in [-0.1, -0.05) is 30.4 Å². The Hall–Kier alpha value is -1.95. The third-order valence-corrected chi connectivity index (χ3v) is 1.83. The molecule has 0 saturated heterocycles. The van der Waals surface area contributed by atoms with Crippen LogP contribution in [0.5, 0.6) is 0 Å². The fourth-order valence-corrected chi connectivity index (χ4v) is 0.978. The van der Waals surface area contributed by atoms with Gasteiger partial charge in [0.1, 0.15) is 18.8 Å². The Morgan fingerprint density at radius 1 is 1.05 bits per heavy atom. The summed E-state index contributed by atoms with van der Waals surface area (Å²) in [5, 5.41) is 0. The van der Waals surface area contributed by atoms with Crippen LogP contribution in [0.4, 0.5) is 0 Å². The minimum absolute atomic E-state index is 0.424. The Kier molecular flexibility index (Phi) is 10.6. The zero-order chi connectivity index (χ0) is 16.8. The summed E-state index contributed by atoms with van der Waals surface area (Å²) in [6.45, 7) is 13.1. The molecule has 0 aromatic heterocycles. The molecule has 0 aliphatic rings. The molecular formula is C17H24O5. The first kappa shape index (κ1) is 20.1. The summed E-state index contributed by atoms with van der Waals surface area (Å²) in [6.07, 6.45) is 3.23. The molecule has 5 heteroatoms. The summed E-state index contributed by atoms with van der Waals surface area (Å²) >= 11 is 0. The lowest BCUT2D eigenvalue weighted by Crippen LogP contribution is -2.21.